The van der Waals surface area contributed by atoms with Crippen LogP contribution in [0.1, 0.15) is 5.56 Å². The van der Waals surface area contributed by atoms with Crippen molar-refractivity contribution < 1.29 is 22.6 Å². The van der Waals surface area contributed by atoms with Crippen molar-refractivity contribution in [3.8, 4) is 17.6 Å². The molecule has 0 unspecified atom stereocenters. The van der Waals surface area contributed by atoms with E-state index < -0.39 is 12.1 Å². The maximum atomic E-state index is 13.0. The van der Waals surface area contributed by atoms with E-state index in [9.17, 15) is 13.2 Å². The van der Waals surface area contributed by atoms with Gasteiger partial charge in [-0.05, 0) is 30.3 Å². The minimum absolute atomic E-state index is 0.0786. The predicted molar refractivity (Wildman–Crippen MR) is 67.0 cm³/mol. The van der Waals surface area contributed by atoms with Gasteiger partial charge in [0, 0.05) is 11.8 Å². The number of halogens is 3. The van der Waals surface area contributed by atoms with Crippen molar-refractivity contribution in [3.05, 3.63) is 47.8 Å². The number of hydrogen-bond acceptors (Lipinski definition) is 4. The maximum absolute atomic E-state index is 13.0. The SMILES string of the molecule is N#Cc1cc(F)ccc1Nc1ccc2c(c1)OC(F)(F)O2. The summed E-state index contributed by atoms with van der Waals surface area (Å²) in [5.41, 5.74) is 0.848. The zero-order valence-electron chi connectivity index (χ0n) is 10.4. The van der Waals surface area contributed by atoms with Crippen LogP contribution >= 0.6 is 0 Å². The van der Waals surface area contributed by atoms with Crippen LogP contribution in [0.25, 0.3) is 0 Å². The van der Waals surface area contributed by atoms with Crippen LogP contribution in [0, 0.1) is 17.1 Å². The first-order valence-corrected chi connectivity index (χ1v) is 5.83. The lowest BCUT2D eigenvalue weighted by atomic mass is 10.1. The Morgan fingerprint density at radius 2 is 1.81 bits per heavy atom. The summed E-state index contributed by atoms with van der Waals surface area (Å²) in [7, 11) is 0. The van der Waals surface area contributed by atoms with Crippen LogP contribution in [0.5, 0.6) is 11.5 Å². The number of ether oxygens (including phenoxy) is 2. The molecule has 0 bridgehead atoms. The summed E-state index contributed by atoms with van der Waals surface area (Å²) in [5.74, 6) is -0.738. The maximum Gasteiger partial charge on any atom is 0.586 e. The fourth-order valence-corrected chi connectivity index (χ4v) is 1.90. The second-order valence-electron chi connectivity index (χ2n) is 4.26. The smallest absolute Gasteiger partial charge is 0.395 e. The molecule has 1 aliphatic rings. The first-order valence-electron chi connectivity index (χ1n) is 5.83. The molecule has 106 valence electrons. The Labute approximate surface area is 117 Å². The van der Waals surface area contributed by atoms with Crippen LogP contribution in [-0.4, -0.2) is 6.29 Å². The molecule has 2 aromatic carbocycles. The molecule has 1 aliphatic heterocycles. The highest BCUT2D eigenvalue weighted by Crippen LogP contribution is 2.42. The summed E-state index contributed by atoms with van der Waals surface area (Å²) in [5, 5.41) is 11.8. The molecule has 0 aromatic heterocycles. The molecule has 0 aliphatic carbocycles. The van der Waals surface area contributed by atoms with E-state index in [1.54, 1.807) is 0 Å². The molecular formula is C14H7F3N2O2. The zero-order valence-corrected chi connectivity index (χ0v) is 10.4. The molecule has 4 nitrogen and oxygen atoms in total. The summed E-state index contributed by atoms with van der Waals surface area (Å²) >= 11 is 0. The predicted octanol–water partition coefficient (Wildman–Crippen LogP) is 3.76. The van der Waals surface area contributed by atoms with Gasteiger partial charge >= 0.3 is 6.29 Å². The number of anilines is 2. The monoisotopic (exact) mass is 292 g/mol. The van der Waals surface area contributed by atoms with Crippen molar-refractivity contribution in [1.29, 1.82) is 5.26 Å². The van der Waals surface area contributed by atoms with Crippen LogP contribution in [0.4, 0.5) is 24.5 Å². The Morgan fingerprint density at radius 3 is 2.57 bits per heavy atom. The van der Waals surface area contributed by atoms with Crippen molar-refractivity contribution >= 4 is 11.4 Å². The molecule has 0 fully saturated rings. The molecule has 0 amide bonds. The molecule has 0 saturated carbocycles. The Balaban J connectivity index is 1.89. The number of alkyl halides is 2. The number of nitriles is 1. The number of hydrogen-bond donors (Lipinski definition) is 1. The average molecular weight is 292 g/mol. The summed E-state index contributed by atoms with van der Waals surface area (Å²) in [6, 6.07) is 9.58. The van der Waals surface area contributed by atoms with E-state index in [0.29, 0.717) is 11.4 Å². The molecule has 0 spiro atoms. The van der Waals surface area contributed by atoms with Gasteiger partial charge in [-0.3, -0.25) is 0 Å². The van der Waals surface area contributed by atoms with E-state index in [1.807, 2.05) is 6.07 Å². The Hall–Kier alpha value is -2.88. The molecule has 0 atom stereocenters. The van der Waals surface area contributed by atoms with Crippen LogP contribution < -0.4 is 14.8 Å². The fraction of sp³-hybridized carbons (Fsp3) is 0.0714. The minimum atomic E-state index is -3.69. The third-order valence-corrected chi connectivity index (χ3v) is 2.78. The van der Waals surface area contributed by atoms with Crippen LogP contribution in [0.3, 0.4) is 0 Å². The summed E-state index contributed by atoms with van der Waals surface area (Å²) in [6.07, 6.45) is -3.69. The lowest BCUT2D eigenvalue weighted by Crippen LogP contribution is -2.25. The molecule has 1 N–H and O–H groups in total. The van der Waals surface area contributed by atoms with Crippen molar-refractivity contribution in [2.45, 2.75) is 6.29 Å². The summed E-state index contributed by atoms with van der Waals surface area (Å²) in [4.78, 5) is 0. The van der Waals surface area contributed by atoms with Gasteiger partial charge in [-0.1, -0.05) is 0 Å². The number of benzene rings is 2. The second kappa shape index (κ2) is 4.59. The number of fused-ring (bicyclic) bond motifs is 1. The molecular weight excluding hydrogens is 285 g/mol. The molecule has 7 heteroatoms. The van der Waals surface area contributed by atoms with Gasteiger partial charge in [0.15, 0.2) is 11.5 Å². The van der Waals surface area contributed by atoms with Gasteiger partial charge < -0.3 is 14.8 Å². The van der Waals surface area contributed by atoms with Gasteiger partial charge in [0.25, 0.3) is 0 Å². The van der Waals surface area contributed by atoms with E-state index >= 15 is 0 Å². The first kappa shape index (κ1) is 13.1. The standard InChI is InChI=1S/C14H7F3N2O2/c15-9-1-3-11(8(5-9)7-18)19-10-2-4-12-13(6-10)21-14(16,17)20-12/h1-6,19H. The Kier molecular flexibility index (Phi) is 2.87. The molecule has 2 aromatic rings. The molecule has 21 heavy (non-hydrogen) atoms. The topological polar surface area (TPSA) is 54.3 Å². The number of nitrogens with one attached hydrogen (secondary N) is 1. The van der Waals surface area contributed by atoms with Gasteiger partial charge in [-0.25, -0.2) is 4.39 Å². The van der Waals surface area contributed by atoms with Crippen molar-refractivity contribution in [2.24, 2.45) is 0 Å². The van der Waals surface area contributed by atoms with Gasteiger partial charge in [0.05, 0.1) is 11.3 Å². The van der Waals surface area contributed by atoms with Crippen molar-refractivity contribution in [2.75, 3.05) is 5.32 Å². The highest BCUT2D eigenvalue weighted by molar-refractivity contribution is 5.68. The average Bonchev–Trinajstić information content (AvgIpc) is 2.74. The third-order valence-electron chi connectivity index (χ3n) is 2.78. The minimum Gasteiger partial charge on any atom is -0.395 e. The van der Waals surface area contributed by atoms with E-state index in [0.717, 1.165) is 6.07 Å². The van der Waals surface area contributed by atoms with Gasteiger partial charge in [0.1, 0.15) is 11.9 Å². The highest BCUT2D eigenvalue weighted by Gasteiger charge is 2.43. The van der Waals surface area contributed by atoms with Crippen LogP contribution in [-0.2, 0) is 0 Å². The summed E-state index contributed by atoms with van der Waals surface area (Å²) in [6.45, 7) is 0. The molecule has 0 radical (unpaired) electrons. The van der Waals surface area contributed by atoms with E-state index in [4.69, 9.17) is 5.26 Å². The summed E-state index contributed by atoms with van der Waals surface area (Å²) < 4.78 is 47.5. The fourth-order valence-electron chi connectivity index (χ4n) is 1.90. The zero-order chi connectivity index (χ0) is 15.0. The lowest BCUT2D eigenvalue weighted by Gasteiger charge is -2.08. The van der Waals surface area contributed by atoms with Crippen molar-refractivity contribution in [3.63, 3.8) is 0 Å². The Bertz CT molecular complexity index is 756. The van der Waals surface area contributed by atoms with Gasteiger partial charge in [-0.2, -0.15) is 5.26 Å². The largest absolute Gasteiger partial charge is 0.586 e. The first-order chi connectivity index (χ1) is 9.97. The number of rotatable bonds is 2. The van der Waals surface area contributed by atoms with Gasteiger partial charge in [-0.15, -0.1) is 8.78 Å². The quantitative estimate of drug-likeness (QED) is 0.915. The second-order valence-corrected chi connectivity index (χ2v) is 4.26. The highest BCUT2D eigenvalue weighted by atomic mass is 19.3. The third kappa shape index (κ3) is 2.56. The Morgan fingerprint density at radius 1 is 1.05 bits per heavy atom. The number of nitrogens with zero attached hydrogens (tertiary/aromatic N) is 1. The van der Waals surface area contributed by atoms with Gasteiger partial charge in [0.2, 0.25) is 0 Å². The van der Waals surface area contributed by atoms with E-state index in [-0.39, 0.29) is 17.1 Å². The normalized spacial score (nSPS) is 14.6. The van der Waals surface area contributed by atoms with Crippen LogP contribution in [0.2, 0.25) is 0 Å². The van der Waals surface area contributed by atoms with Crippen LogP contribution in [0.15, 0.2) is 36.4 Å². The van der Waals surface area contributed by atoms with Crippen molar-refractivity contribution in [1.82, 2.24) is 0 Å². The van der Waals surface area contributed by atoms with E-state index in [1.165, 1.54) is 30.3 Å². The molecule has 1 heterocycles. The molecule has 3 rings (SSSR count). The lowest BCUT2D eigenvalue weighted by molar-refractivity contribution is -0.286. The van der Waals surface area contributed by atoms with E-state index in [2.05, 4.69) is 14.8 Å². The molecule has 0 saturated heterocycles.